The first-order valence-corrected chi connectivity index (χ1v) is 8.62. The number of hydrogen-bond acceptors (Lipinski definition) is 4. The lowest BCUT2D eigenvalue weighted by Crippen LogP contribution is -2.27. The number of aromatic amines is 1. The van der Waals surface area contributed by atoms with Crippen molar-refractivity contribution in [1.82, 2.24) is 20.3 Å². The smallest absolute Gasteiger partial charge is 0.244 e. The summed E-state index contributed by atoms with van der Waals surface area (Å²) in [6.45, 7) is 2.01. The second-order valence-corrected chi connectivity index (χ2v) is 6.15. The van der Waals surface area contributed by atoms with Crippen LogP contribution in [0.4, 0.5) is 0 Å². The van der Waals surface area contributed by atoms with Crippen molar-refractivity contribution in [2.45, 2.75) is 19.4 Å². The molecule has 1 aromatic carbocycles. The highest BCUT2D eigenvalue weighted by atomic mass is 32.1. The van der Waals surface area contributed by atoms with Gasteiger partial charge in [-0.25, -0.2) is 9.97 Å². The number of rotatable bonds is 6. The molecule has 2 aromatic heterocycles. The molecule has 6 heteroatoms. The summed E-state index contributed by atoms with van der Waals surface area (Å²) in [6.07, 6.45) is 7.47. The fourth-order valence-corrected chi connectivity index (χ4v) is 2.85. The third-order valence-electron chi connectivity index (χ3n) is 3.56. The molecule has 2 heterocycles. The summed E-state index contributed by atoms with van der Waals surface area (Å²) in [6, 6.07) is 9.83. The van der Waals surface area contributed by atoms with Gasteiger partial charge in [0, 0.05) is 17.7 Å². The molecule has 0 bridgehead atoms. The molecule has 0 fully saturated rings. The van der Waals surface area contributed by atoms with E-state index in [1.54, 1.807) is 18.5 Å². The van der Waals surface area contributed by atoms with E-state index in [1.165, 1.54) is 17.4 Å². The summed E-state index contributed by atoms with van der Waals surface area (Å²) in [4.78, 5) is 23.9. The van der Waals surface area contributed by atoms with Crippen LogP contribution in [0.3, 0.4) is 0 Å². The molecule has 0 aliphatic heterocycles. The van der Waals surface area contributed by atoms with Crippen molar-refractivity contribution < 1.29 is 4.79 Å². The second-order valence-electron chi connectivity index (χ2n) is 5.22. The topological polar surface area (TPSA) is 70.7 Å². The van der Waals surface area contributed by atoms with Crippen LogP contribution in [-0.4, -0.2) is 20.9 Å². The highest BCUT2D eigenvalue weighted by Crippen LogP contribution is 2.20. The minimum atomic E-state index is -0.158. The van der Waals surface area contributed by atoms with Gasteiger partial charge in [-0.2, -0.15) is 0 Å². The number of imidazole rings is 1. The number of carbonyl (C=O) groups excluding carboxylic acids is 1. The monoisotopic (exact) mass is 338 g/mol. The number of thiazole rings is 1. The molecule has 0 unspecified atom stereocenters. The van der Waals surface area contributed by atoms with Crippen molar-refractivity contribution in [3.63, 3.8) is 0 Å². The van der Waals surface area contributed by atoms with E-state index in [0.29, 0.717) is 0 Å². The predicted octanol–water partition coefficient (Wildman–Crippen LogP) is 3.81. The van der Waals surface area contributed by atoms with Gasteiger partial charge in [0.1, 0.15) is 10.8 Å². The molecule has 2 N–H and O–H groups in total. The summed E-state index contributed by atoms with van der Waals surface area (Å²) in [7, 11) is 0. The lowest BCUT2D eigenvalue weighted by Gasteiger charge is -2.13. The van der Waals surface area contributed by atoms with Crippen molar-refractivity contribution in [2.24, 2.45) is 0 Å². The fraction of sp³-hybridized carbons (Fsp3) is 0.167. The summed E-state index contributed by atoms with van der Waals surface area (Å²) in [5.41, 5.74) is 2.01. The molecule has 24 heavy (non-hydrogen) atoms. The van der Waals surface area contributed by atoms with Crippen molar-refractivity contribution in [2.75, 3.05) is 0 Å². The summed E-state index contributed by atoms with van der Waals surface area (Å²) in [5.74, 6) is 0.599. The van der Waals surface area contributed by atoms with Gasteiger partial charge < -0.3 is 10.3 Å². The van der Waals surface area contributed by atoms with E-state index in [2.05, 4.69) is 20.3 Å². The number of hydrogen-bond donors (Lipinski definition) is 2. The van der Waals surface area contributed by atoms with Crippen LogP contribution < -0.4 is 5.32 Å². The molecule has 122 valence electrons. The van der Waals surface area contributed by atoms with Crippen molar-refractivity contribution in [3.8, 4) is 11.3 Å². The average molecular weight is 338 g/mol. The van der Waals surface area contributed by atoms with Gasteiger partial charge in [0.25, 0.3) is 0 Å². The zero-order valence-corrected chi connectivity index (χ0v) is 14.1. The lowest BCUT2D eigenvalue weighted by atomic mass is 10.2. The molecule has 0 saturated heterocycles. The van der Waals surface area contributed by atoms with Crippen LogP contribution in [0.15, 0.2) is 54.2 Å². The Morgan fingerprint density at radius 2 is 2.17 bits per heavy atom. The molecule has 0 aliphatic carbocycles. The van der Waals surface area contributed by atoms with Crippen LogP contribution in [0.1, 0.15) is 30.2 Å². The molecule has 0 spiro atoms. The Hall–Kier alpha value is -2.73. The summed E-state index contributed by atoms with van der Waals surface area (Å²) in [5, 5.41) is 5.65. The SMILES string of the molecule is CC[C@@H](NC(=O)/C=C\c1nccs1)c1ncc(-c2ccccc2)[nH]1. The number of nitrogens with zero attached hydrogens (tertiary/aromatic N) is 2. The number of H-pyrrole nitrogens is 1. The highest BCUT2D eigenvalue weighted by molar-refractivity contribution is 7.10. The number of benzene rings is 1. The molecule has 0 radical (unpaired) electrons. The minimum Gasteiger partial charge on any atom is -0.343 e. The van der Waals surface area contributed by atoms with E-state index in [0.717, 1.165) is 28.5 Å². The Bertz CT molecular complexity index is 809. The normalized spacial score (nSPS) is 12.4. The highest BCUT2D eigenvalue weighted by Gasteiger charge is 2.15. The number of nitrogens with one attached hydrogen (secondary N) is 2. The molecule has 3 aromatic rings. The van der Waals surface area contributed by atoms with E-state index in [4.69, 9.17) is 0 Å². The van der Waals surface area contributed by atoms with Crippen LogP contribution in [0, 0.1) is 0 Å². The Kier molecular flexibility index (Phi) is 5.18. The van der Waals surface area contributed by atoms with Crippen molar-refractivity contribution in [1.29, 1.82) is 0 Å². The maximum Gasteiger partial charge on any atom is 0.244 e. The molecule has 0 saturated carbocycles. The molecule has 1 atom stereocenters. The van der Waals surface area contributed by atoms with Crippen LogP contribution in [0.25, 0.3) is 17.3 Å². The Labute approximate surface area is 144 Å². The number of carbonyl (C=O) groups is 1. The molecular weight excluding hydrogens is 320 g/mol. The minimum absolute atomic E-state index is 0.157. The van der Waals surface area contributed by atoms with Crippen LogP contribution in [0.2, 0.25) is 0 Å². The van der Waals surface area contributed by atoms with Crippen LogP contribution in [0.5, 0.6) is 0 Å². The van der Waals surface area contributed by atoms with Gasteiger partial charge >= 0.3 is 0 Å². The third kappa shape index (κ3) is 3.97. The van der Waals surface area contributed by atoms with Gasteiger partial charge in [-0.1, -0.05) is 37.3 Å². The van der Waals surface area contributed by atoms with Crippen LogP contribution >= 0.6 is 11.3 Å². The number of amides is 1. The summed E-state index contributed by atoms with van der Waals surface area (Å²) >= 11 is 1.49. The summed E-state index contributed by atoms with van der Waals surface area (Å²) < 4.78 is 0. The van der Waals surface area contributed by atoms with E-state index in [-0.39, 0.29) is 11.9 Å². The van der Waals surface area contributed by atoms with Gasteiger partial charge in [-0.05, 0) is 18.1 Å². The zero-order valence-electron chi connectivity index (χ0n) is 13.3. The lowest BCUT2D eigenvalue weighted by molar-refractivity contribution is -0.117. The molecule has 5 nitrogen and oxygen atoms in total. The van der Waals surface area contributed by atoms with Crippen LogP contribution in [-0.2, 0) is 4.79 Å². The first kappa shape index (κ1) is 16.1. The predicted molar refractivity (Wildman–Crippen MR) is 96.3 cm³/mol. The van der Waals surface area contributed by atoms with E-state index < -0.39 is 0 Å². The Morgan fingerprint density at radius 3 is 2.88 bits per heavy atom. The van der Waals surface area contributed by atoms with E-state index >= 15 is 0 Å². The Balaban J connectivity index is 1.68. The average Bonchev–Trinajstić information content (AvgIpc) is 3.30. The standard InChI is InChI=1S/C18H18N4OS/c1-2-14(21-16(23)8-9-17-19-10-11-24-17)18-20-12-15(22-18)13-6-4-3-5-7-13/h3-12,14H,2H2,1H3,(H,20,22)(H,21,23)/b9-8-/t14-/m1/s1. The van der Waals surface area contributed by atoms with Crippen molar-refractivity contribution >= 4 is 23.3 Å². The first-order valence-electron chi connectivity index (χ1n) is 7.74. The van der Waals surface area contributed by atoms with E-state index in [9.17, 15) is 4.79 Å². The second kappa shape index (κ2) is 7.70. The maximum absolute atomic E-state index is 12.1. The largest absolute Gasteiger partial charge is 0.343 e. The molecule has 1 amide bonds. The van der Waals surface area contributed by atoms with Gasteiger partial charge in [-0.15, -0.1) is 11.3 Å². The fourth-order valence-electron chi connectivity index (χ4n) is 2.33. The van der Waals surface area contributed by atoms with Crippen molar-refractivity contribution in [3.05, 3.63) is 65.0 Å². The zero-order chi connectivity index (χ0) is 16.8. The molecule has 0 aliphatic rings. The van der Waals surface area contributed by atoms with Gasteiger partial charge in [-0.3, -0.25) is 4.79 Å². The first-order chi connectivity index (χ1) is 11.8. The van der Waals surface area contributed by atoms with Gasteiger partial charge in [0.2, 0.25) is 5.91 Å². The van der Waals surface area contributed by atoms with Gasteiger partial charge in [0.15, 0.2) is 0 Å². The molecule has 3 rings (SSSR count). The quantitative estimate of drug-likeness (QED) is 0.671. The third-order valence-corrected chi connectivity index (χ3v) is 4.30. The number of aromatic nitrogens is 3. The van der Waals surface area contributed by atoms with E-state index in [1.807, 2.05) is 42.6 Å². The molecular formula is C18H18N4OS. The van der Waals surface area contributed by atoms with Gasteiger partial charge in [0.05, 0.1) is 17.9 Å². The maximum atomic E-state index is 12.1. The Morgan fingerprint density at radius 1 is 1.33 bits per heavy atom.